The van der Waals surface area contributed by atoms with Gasteiger partial charge in [0.25, 0.3) is 5.91 Å². The summed E-state index contributed by atoms with van der Waals surface area (Å²) in [6, 6.07) is 10.7. The molecule has 118 valence electrons. The van der Waals surface area contributed by atoms with Crippen LogP contribution in [0.4, 0.5) is 5.82 Å². The minimum atomic E-state index is -0.234. The van der Waals surface area contributed by atoms with Crippen molar-refractivity contribution in [3.63, 3.8) is 0 Å². The third-order valence-corrected chi connectivity index (χ3v) is 3.90. The van der Waals surface area contributed by atoms with E-state index in [1.165, 1.54) is 0 Å². The van der Waals surface area contributed by atoms with Gasteiger partial charge in [-0.1, -0.05) is 30.7 Å². The van der Waals surface area contributed by atoms with E-state index in [1.807, 2.05) is 19.1 Å². The third-order valence-electron chi connectivity index (χ3n) is 3.67. The summed E-state index contributed by atoms with van der Waals surface area (Å²) in [5.41, 5.74) is 2.23. The summed E-state index contributed by atoms with van der Waals surface area (Å²) in [6.45, 7) is 2.01. The van der Waals surface area contributed by atoms with Crippen LogP contribution in [0.15, 0.2) is 48.8 Å². The monoisotopic (exact) mass is 329 g/mol. The molecule has 0 saturated carbocycles. The number of amides is 1. The summed E-state index contributed by atoms with van der Waals surface area (Å²) in [4.78, 5) is 16.6. The Bertz CT molecular complexity index is 843. The van der Waals surface area contributed by atoms with Crippen LogP contribution in [-0.4, -0.2) is 27.0 Å². The molecule has 2 N–H and O–H groups in total. The minimum Gasteiger partial charge on any atom is -0.396 e. The Kier molecular flexibility index (Phi) is 4.32. The quantitative estimate of drug-likeness (QED) is 0.771. The second kappa shape index (κ2) is 6.40. The summed E-state index contributed by atoms with van der Waals surface area (Å²) >= 11 is 5.93. The molecule has 5 nitrogen and oxygen atoms in total. The number of aromatic nitrogens is 2. The molecule has 0 spiro atoms. The number of pyridine rings is 1. The second-order valence-corrected chi connectivity index (χ2v) is 5.84. The number of imidazole rings is 1. The molecule has 2 aromatic heterocycles. The molecule has 1 aromatic carbocycles. The van der Waals surface area contributed by atoms with Crippen LogP contribution in [0.25, 0.3) is 5.65 Å². The van der Waals surface area contributed by atoms with Gasteiger partial charge in [-0.05, 0) is 29.8 Å². The van der Waals surface area contributed by atoms with E-state index in [9.17, 15) is 4.79 Å². The molecule has 1 unspecified atom stereocenters. The normalized spacial score (nSPS) is 12.3. The molecule has 1 amide bonds. The van der Waals surface area contributed by atoms with E-state index in [0.717, 1.165) is 5.56 Å². The highest BCUT2D eigenvalue weighted by molar-refractivity contribution is 6.30. The van der Waals surface area contributed by atoms with Gasteiger partial charge in [-0.15, -0.1) is 0 Å². The first-order valence-corrected chi connectivity index (χ1v) is 7.61. The maximum absolute atomic E-state index is 12.3. The van der Waals surface area contributed by atoms with E-state index in [0.29, 0.717) is 22.1 Å². The van der Waals surface area contributed by atoms with Crippen LogP contribution in [0.2, 0.25) is 5.02 Å². The SMILES string of the molecule is CC(CO)c1ccc(C(=O)Nc2cn3cc(Cl)ccc3n2)cc1. The van der Waals surface area contributed by atoms with E-state index in [-0.39, 0.29) is 18.4 Å². The number of hydrogen-bond donors (Lipinski definition) is 2. The number of nitrogens with zero attached hydrogens (tertiary/aromatic N) is 2. The van der Waals surface area contributed by atoms with Crippen molar-refractivity contribution in [3.05, 3.63) is 64.9 Å². The van der Waals surface area contributed by atoms with Crippen molar-refractivity contribution in [3.8, 4) is 0 Å². The zero-order valence-electron chi connectivity index (χ0n) is 12.5. The van der Waals surface area contributed by atoms with Gasteiger partial charge >= 0.3 is 0 Å². The predicted molar refractivity (Wildman–Crippen MR) is 90.1 cm³/mol. The first kappa shape index (κ1) is 15.5. The fourth-order valence-corrected chi connectivity index (χ4v) is 2.45. The van der Waals surface area contributed by atoms with Gasteiger partial charge in [0.05, 0.1) is 11.2 Å². The van der Waals surface area contributed by atoms with E-state index < -0.39 is 0 Å². The highest BCUT2D eigenvalue weighted by atomic mass is 35.5. The van der Waals surface area contributed by atoms with Crippen LogP contribution in [-0.2, 0) is 0 Å². The maximum atomic E-state index is 12.3. The lowest BCUT2D eigenvalue weighted by Gasteiger charge is -2.08. The summed E-state index contributed by atoms with van der Waals surface area (Å²) in [5.74, 6) is 0.281. The molecule has 3 aromatic rings. The van der Waals surface area contributed by atoms with Gasteiger partial charge in [-0.3, -0.25) is 4.79 Å². The first-order valence-electron chi connectivity index (χ1n) is 7.23. The molecule has 0 aliphatic heterocycles. The number of nitrogens with one attached hydrogen (secondary N) is 1. The standard InChI is InChI=1S/C17H16ClN3O2/c1-11(10-22)12-2-4-13(5-3-12)17(23)20-15-9-21-8-14(18)6-7-16(21)19-15/h2-9,11,22H,10H2,1H3,(H,20,23). The second-order valence-electron chi connectivity index (χ2n) is 5.40. The van der Waals surface area contributed by atoms with Crippen LogP contribution in [0, 0.1) is 0 Å². The number of aliphatic hydroxyl groups is 1. The van der Waals surface area contributed by atoms with Crippen LogP contribution in [0.1, 0.15) is 28.8 Å². The van der Waals surface area contributed by atoms with Gasteiger partial charge in [0, 0.05) is 24.3 Å². The Morgan fingerprint density at radius 2 is 2.00 bits per heavy atom. The molecule has 0 fully saturated rings. The van der Waals surface area contributed by atoms with Gasteiger partial charge < -0.3 is 14.8 Å². The number of benzene rings is 1. The fraction of sp³-hybridized carbons (Fsp3) is 0.176. The Hall–Kier alpha value is -2.37. The highest BCUT2D eigenvalue weighted by Crippen LogP contribution is 2.17. The lowest BCUT2D eigenvalue weighted by molar-refractivity contribution is 0.102. The summed E-state index contributed by atoms with van der Waals surface area (Å²) in [6.07, 6.45) is 3.44. The van der Waals surface area contributed by atoms with Gasteiger partial charge in [-0.25, -0.2) is 4.98 Å². The van der Waals surface area contributed by atoms with E-state index in [2.05, 4.69) is 10.3 Å². The molecule has 3 rings (SSSR count). The summed E-state index contributed by atoms with van der Waals surface area (Å²) in [5, 5.41) is 12.5. The first-order chi connectivity index (χ1) is 11.1. The molecule has 0 aliphatic carbocycles. The molecule has 0 bridgehead atoms. The van der Waals surface area contributed by atoms with Crippen molar-refractivity contribution in [2.24, 2.45) is 0 Å². The largest absolute Gasteiger partial charge is 0.396 e. The number of hydrogen-bond acceptors (Lipinski definition) is 3. The zero-order valence-corrected chi connectivity index (χ0v) is 13.3. The molecule has 0 saturated heterocycles. The molecular weight excluding hydrogens is 314 g/mol. The van der Waals surface area contributed by atoms with Crippen molar-refractivity contribution in [2.45, 2.75) is 12.8 Å². The van der Waals surface area contributed by atoms with Crippen molar-refractivity contribution in [1.29, 1.82) is 0 Å². The fourth-order valence-electron chi connectivity index (χ4n) is 2.28. The van der Waals surface area contributed by atoms with E-state index in [4.69, 9.17) is 16.7 Å². The lowest BCUT2D eigenvalue weighted by Crippen LogP contribution is -2.12. The van der Waals surface area contributed by atoms with Crippen LogP contribution < -0.4 is 5.32 Å². The molecule has 0 aliphatic rings. The summed E-state index contributed by atoms with van der Waals surface area (Å²) in [7, 11) is 0. The van der Waals surface area contributed by atoms with Crippen LogP contribution in [0.5, 0.6) is 0 Å². The zero-order chi connectivity index (χ0) is 16.4. The number of halogens is 1. The average molecular weight is 330 g/mol. The number of fused-ring (bicyclic) bond motifs is 1. The van der Waals surface area contributed by atoms with Crippen molar-refractivity contribution >= 4 is 29.0 Å². The molecule has 1 atom stereocenters. The molecular formula is C17H16ClN3O2. The van der Waals surface area contributed by atoms with Crippen molar-refractivity contribution in [1.82, 2.24) is 9.38 Å². The van der Waals surface area contributed by atoms with E-state index >= 15 is 0 Å². The van der Waals surface area contributed by atoms with E-state index in [1.54, 1.807) is 41.1 Å². The maximum Gasteiger partial charge on any atom is 0.256 e. The van der Waals surface area contributed by atoms with Crippen LogP contribution >= 0.6 is 11.6 Å². The molecule has 23 heavy (non-hydrogen) atoms. The lowest BCUT2D eigenvalue weighted by atomic mass is 10.0. The van der Waals surface area contributed by atoms with Crippen LogP contribution in [0.3, 0.4) is 0 Å². The number of carbonyl (C=O) groups excluding carboxylic acids is 1. The van der Waals surface area contributed by atoms with Gasteiger partial charge in [0.15, 0.2) is 5.82 Å². The topological polar surface area (TPSA) is 66.6 Å². The molecule has 2 heterocycles. The Labute approximate surface area is 138 Å². The number of rotatable bonds is 4. The third kappa shape index (κ3) is 3.36. The molecule has 0 radical (unpaired) electrons. The highest BCUT2D eigenvalue weighted by Gasteiger charge is 2.10. The van der Waals surface area contributed by atoms with Gasteiger partial charge in [0.2, 0.25) is 0 Å². The number of anilines is 1. The average Bonchev–Trinajstić information content (AvgIpc) is 2.95. The smallest absolute Gasteiger partial charge is 0.256 e. The number of aliphatic hydroxyl groups excluding tert-OH is 1. The summed E-state index contributed by atoms with van der Waals surface area (Å²) < 4.78 is 1.75. The Morgan fingerprint density at radius 3 is 2.70 bits per heavy atom. The molecule has 6 heteroatoms. The van der Waals surface area contributed by atoms with Gasteiger partial charge in [-0.2, -0.15) is 0 Å². The Balaban J connectivity index is 1.77. The van der Waals surface area contributed by atoms with Crippen molar-refractivity contribution < 1.29 is 9.90 Å². The number of carbonyl (C=O) groups is 1. The van der Waals surface area contributed by atoms with Gasteiger partial charge in [0.1, 0.15) is 5.65 Å². The minimum absolute atomic E-state index is 0.0512. The Morgan fingerprint density at radius 1 is 1.26 bits per heavy atom. The predicted octanol–water partition coefficient (Wildman–Crippen LogP) is 3.34. The van der Waals surface area contributed by atoms with Crippen molar-refractivity contribution in [2.75, 3.05) is 11.9 Å².